The molecule has 6 nitrogen and oxygen atoms in total. The van der Waals surface area contributed by atoms with Crippen molar-refractivity contribution in [3.05, 3.63) is 0 Å². The minimum absolute atomic E-state index is 0.0182. The lowest BCUT2D eigenvalue weighted by Crippen LogP contribution is -2.30. The zero-order valence-corrected chi connectivity index (χ0v) is 16.1. The smallest absolute Gasteiger partial charge is 0.436 e. The summed E-state index contributed by atoms with van der Waals surface area (Å²) in [6.45, 7) is 8.87. The van der Waals surface area contributed by atoms with Crippen molar-refractivity contribution >= 4 is 15.9 Å². The van der Waals surface area contributed by atoms with Gasteiger partial charge in [-0.1, -0.05) is 40.5 Å². The monoisotopic (exact) mass is 350 g/mol. The van der Waals surface area contributed by atoms with Crippen molar-refractivity contribution in [1.82, 2.24) is 0 Å². The Morgan fingerprint density at radius 2 is 1.65 bits per heavy atom. The SMILES string of the molecule is BOC1C(OP(=O)(OCCCC)OCCCC)OC(CC)C1C. The molecule has 0 spiro atoms. The van der Waals surface area contributed by atoms with Gasteiger partial charge in [-0.2, -0.15) is 0 Å². The number of hydrogen-bond donors (Lipinski definition) is 0. The number of phosphoric acid groups is 1. The van der Waals surface area contributed by atoms with Crippen LogP contribution in [0.25, 0.3) is 0 Å². The standard InChI is InChI=1S/C15H32BO6P/c1-5-8-10-18-23(17,19-11-9-6-2)22-15-14(21-16)12(4)13(7-3)20-15/h12-15H,5-11,16H2,1-4H3. The summed E-state index contributed by atoms with van der Waals surface area (Å²) in [6.07, 6.45) is 3.36. The van der Waals surface area contributed by atoms with E-state index < -0.39 is 14.1 Å². The Labute approximate surface area is 141 Å². The molecule has 1 aliphatic heterocycles. The van der Waals surface area contributed by atoms with E-state index in [0.717, 1.165) is 32.1 Å². The van der Waals surface area contributed by atoms with Crippen LogP contribution < -0.4 is 0 Å². The second-order valence-electron chi connectivity index (χ2n) is 5.94. The third-order valence-electron chi connectivity index (χ3n) is 4.08. The normalized spacial score (nSPS) is 28.3. The first-order chi connectivity index (χ1) is 11.0. The van der Waals surface area contributed by atoms with Gasteiger partial charge in [-0.05, 0) is 19.3 Å². The Morgan fingerprint density at radius 1 is 1.09 bits per heavy atom. The Bertz CT molecular complexity index is 356. The zero-order chi connectivity index (χ0) is 17.3. The van der Waals surface area contributed by atoms with Crippen LogP contribution in [-0.4, -0.2) is 39.8 Å². The van der Waals surface area contributed by atoms with Gasteiger partial charge in [0.25, 0.3) is 8.05 Å². The van der Waals surface area contributed by atoms with Crippen LogP contribution in [0.5, 0.6) is 0 Å². The van der Waals surface area contributed by atoms with Crippen molar-refractivity contribution in [1.29, 1.82) is 0 Å². The number of rotatable bonds is 12. The van der Waals surface area contributed by atoms with Crippen LogP contribution in [0.15, 0.2) is 0 Å². The quantitative estimate of drug-likeness (QED) is 0.305. The molecule has 1 saturated heterocycles. The van der Waals surface area contributed by atoms with Gasteiger partial charge in [0.15, 0.2) is 6.29 Å². The lowest BCUT2D eigenvalue weighted by atomic mass is 9.99. The van der Waals surface area contributed by atoms with Crippen molar-refractivity contribution < 1.29 is 27.5 Å². The Hall–Kier alpha value is 0.0949. The molecule has 4 atom stereocenters. The molecule has 0 amide bonds. The Kier molecular flexibility index (Phi) is 9.98. The predicted octanol–water partition coefficient (Wildman–Crippen LogP) is 3.45. The fourth-order valence-electron chi connectivity index (χ4n) is 2.58. The zero-order valence-electron chi connectivity index (χ0n) is 15.2. The van der Waals surface area contributed by atoms with Gasteiger partial charge in [0.1, 0.15) is 0 Å². The fraction of sp³-hybridized carbons (Fsp3) is 1.00. The van der Waals surface area contributed by atoms with E-state index in [2.05, 4.69) is 0 Å². The molecular weight excluding hydrogens is 318 g/mol. The van der Waals surface area contributed by atoms with Crippen LogP contribution in [0.4, 0.5) is 0 Å². The van der Waals surface area contributed by atoms with Crippen LogP contribution in [0.1, 0.15) is 59.8 Å². The summed E-state index contributed by atoms with van der Waals surface area (Å²) in [6, 6.07) is 0. The third-order valence-corrected chi connectivity index (χ3v) is 5.55. The van der Waals surface area contributed by atoms with E-state index in [4.69, 9.17) is 23.0 Å². The van der Waals surface area contributed by atoms with Gasteiger partial charge in [0.2, 0.25) is 0 Å². The summed E-state index contributed by atoms with van der Waals surface area (Å²) in [4.78, 5) is 0. The average Bonchev–Trinajstić information content (AvgIpc) is 2.82. The lowest BCUT2D eigenvalue weighted by Gasteiger charge is -2.25. The number of hydrogen-bond acceptors (Lipinski definition) is 6. The van der Waals surface area contributed by atoms with Gasteiger partial charge in [0.05, 0.1) is 25.4 Å². The van der Waals surface area contributed by atoms with E-state index in [0.29, 0.717) is 13.2 Å². The molecular formula is C15H32BO6P. The molecule has 1 rings (SSSR count). The highest BCUT2D eigenvalue weighted by atomic mass is 31.2. The summed E-state index contributed by atoms with van der Waals surface area (Å²) in [5, 5.41) is 0. The van der Waals surface area contributed by atoms with Gasteiger partial charge in [-0.25, -0.2) is 4.57 Å². The van der Waals surface area contributed by atoms with Crippen molar-refractivity contribution in [2.24, 2.45) is 5.92 Å². The summed E-state index contributed by atoms with van der Waals surface area (Å²) in [5.74, 6) is 0.162. The molecule has 0 saturated carbocycles. The van der Waals surface area contributed by atoms with Crippen LogP contribution in [0, 0.1) is 5.92 Å². The van der Waals surface area contributed by atoms with E-state index in [1.54, 1.807) is 8.05 Å². The highest BCUT2D eigenvalue weighted by Crippen LogP contribution is 2.53. The molecule has 1 heterocycles. The minimum atomic E-state index is -3.65. The number of phosphoric ester groups is 1. The van der Waals surface area contributed by atoms with Gasteiger partial charge in [0, 0.05) is 5.92 Å². The average molecular weight is 350 g/mol. The first-order valence-corrected chi connectivity index (χ1v) is 10.2. The third kappa shape index (κ3) is 6.48. The van der Waals surface area contributed by atoms with E-state index in [1.807, 2.05) is 27.7 Å². The van der Waals surface area contributed by atoms with Crippen LogP contribution >= 0.6 is 7.82 Å². The largest absolute Gasteiger partial charge is 0.477 e. The molecule has 0 aliphatic carbocycles. The van der Waals surface area contributed by atoms with Gasteiger partial charge < -0.3 is 9.39 Å². The van der Waals surface area contributed by atoms with E-state index >= 15 is 0 Å². The Balaban J connectivity index is 2.71. The van der Waals surface area contributed by atoms with Crippen LogP contribution in [0.2, 0.25) is 0 Å². The maximum absolute atomic E-state index is 12.9. The van der Waals surface area contributed by atoms with E-state index in [9.17, 15) is 4.57 Å². The lowest BCUT2D eigenvalue weighted by molar-refractivity contribution is -0.119. The fourth-order valence-corrected chi connectivity index (χ4v) is 3.90. The summed E-state index contributed by atoms with van der Waals surface area (Å²) in [7, 11) is -2.04. The molecule has 0 aromatic heterocycles. The minimum Gasteiger partial charge on any atom is -0.436 e. The van der Waals surface area contributed by atoms with Gasteiger partial charge in [-0.15, -0.1) is 0 Å². The number of unbranched alkanes of at least 4 members (excludes halogenated alkanes) is 2. The highest BCUT2D eigenvalue weighted by Gasteiger charge is 2.45. The molecule has 4 unspecified atom stereocenters. The van der Waals surface area contributed by atoms with E-state index in [-0.39, 0.29) is 18.1 Å². The molecule has 0 aromatic rings. The first kappa shape index (κ1) is 21.1. The maximum Gasteiger partial charge on any atom is 0.477 e. The molecule has 23 heavy (non-hydrogen) atoms. The molecule has 0 bridgehead atoms. The topological polar surface area (TPSA) is 63.2 Å². The molecule has 1 fully saturated rings. The highest BCUT2D eigenvalue weighted by molar-refractivity contribution is 7.48. The molecule has 8 heteroatoms. The van der Waals surface area contributed by atoms with Crippen molar-refractivity contribution in [3.63, 3.8) is 0 Å². The summed E-state index contributed by atoms with van der Waals surface area (Å²) in [5.41, 5.74) is 0. The summed E-state index contributed by atoms with van der Waals surface area (Å²) < 4.78 is 40.8. The van der Waals surface area contributed by atoms with Crippen molar-refractivity contribution in [2.45, 2.75) is 78.3 Å². The predicted molar refractivity (Wildman–Crippen MR) is 91.9 cm³/mol. The second-order valence-corrected chi connectivity index (χ2v) is 7.56. The van der Waals surface area contributed by atoms with Crippen molar-refractivity contribution in [2.75, 3.05) is 13.2 Å². The van der Waals surface area contributed by atoms with Gasteiger partial charge >= 0.3 is 7.82 Å². The molecule has 0 N–H and O–H groups in total. The molecule has 0 aromatic carbocycles. The van der Waals surface area contributed by atoms with Crippen LogP contribution in [0.3, 0.4) is 0 Å². The second kappa shape index (κ2) is 10.9. The number of ether oxygens (including phenoxy) is 1. The van der Waals surface area contributed by atoms with Crippen molar-refractivity contribution in [3.8, 4) is 0 Å². The molecule has 136 valence electrons. The molecule has 0 radical (unpaired) electrons. The first-order valence-electron chi connectivity index (χ1n) is 8.77. The van der Waals surface area contributed by atoms with E-state index in [1.165, 1.54) is 0 Å². The molecule has 1 aliphatic rings. The van der Waals surface area contributed by atoms with Gasteiger partial charge in [-0.3, -0.25) is 13.6 Å². The Morgan fingerprint density at radius 3 is 2.09 bits per heavy atom. The van der Waals surface area contributed by atoms with Crippen LogP contribution in [-0.2, 0) is 27.5 Å². The maximum atomic E-state index is 12.9. The summed E-state index contributed by atoms with van der Waals surface area (Å²) >= 11 is 0.